The zero-order valence-electron chi connectivity index (χ0n) is 10.7. The SMILES string of the molecule is C=CC(=O)OCCC(COC(=O)C(=C)C)OC(N)=O. The number of amides is 1. The van der Waals surface area contributed by atoms with Gasteiger partial charge in [0, 0.05) is 18.1 Å². The predicted octanol–water partition coefficient (Wildman–Crippen LogP) is 0.689. The molecule has 0 rings (SSSR count). The van der Waals surface area contributed by atoms with Gasteiger partial charge >= 0.3 is 18.0 Å². The van der Waals surface area contributed by atoms with Crippen molar-refractivity contribution in [1.82, 2.24) is 0 Å². The molecule has 0 saturated carbocycles. The van der Waals surface area contributed by atoms with Crippen LogP contribution in [0.15, 0.2) is 24.8 Å². The normalized spacial score (nSPS) is 11.0. The molecule has 0 spiro atoms. The van der Waals surface area contributed by atoms with Gasteiger partial charge in [0.1, 0.15) is 12.7 Å². The highest BCUT2D eigenvalue weighted by Crippen LogP contribution is 2.03. The lowest BCUT2D eigenvalue weighted by atomic mass is 10.3. The lowest BCUT2D eigenvalue weighted by Crippen LogP contribution is -2.29. The van der Waals surface area contributed by atoms with Crippen molar-refractivity contribution in [3.8, 4) is 0 Å². The van der Waals surface area contributed by atoms with Gasteiger partial charge in [-0.2, -0.15) is 0 Å². The first-order chi connectivity index (χ1) is 8.86. The smallest absolute Gasteiger partial charge is 0.404 e. The number of rotatable bonds is 8. The van der Waals surface area contributed by atoms with Crippen LogP contribution in [-0.4, -0.2) is 37.3 Å². The molecule has 0 aromatic heterocycles. The van der Waals surface area contributed by atoms with Crippen LogP contribution >= 0.6 is 0 Å². The van der Waals surface area contributed by atoms with E-state index in [9.17, 15) is 14.4 Å². The van der Waals surface area contributed by atoms with E-state index in [1.807, 2.05) is 0 Å². The number of esters is 2. The maximum Gasteiger partial charge on any atom is 0.404 e. The lowest BCUT2D eigenvalue weighted by molar-refractivity contribution is -0.144. The van der Waals surface area contributed by atoms with Gasteiger partial charge in [-0.3, -0.25) is 0 Å². The van der Waals surface area contributed by atoms with Gasteiger partial charge < -0.3 is 19.9 Å². The van der Waals surface area contributed by atoms with Crippen LogP contribution < -0.4 is 5.73 Å². The summed E-state index contributed by atoms with van der Waals surface area (Å²) in [6.45, 7) is 7.90. The summed E-state index contributed by atoms with van der Waals surface area (Å²) in [6.07, 6.45) is -0.651. The maximum atomic E-state index is 11.2. The molecule has 0 fully saturated rings. The van der Waals surface area contributed by atoms with Gasteiger partial charge in [0.15, 0.2) is 0 Å². The van der Waals surface area contributed by atoms with Crippen LogP contribution in [0.25, 0.3) is 0 Å². The summed E-state index contributed by atoms with van der Waals surface area (Å²) in [4.78, 5) is 32.6. The second-order valence-corrected chi connectivity index (χ2v) is 3.60. The Morgan fingerprint density at radius 3 is 2.42 bits per heavy atom. The van der Waals surface area contributed by atoms with E-state index in [1.54, 1.807) is 0 Å². The number of hydrogen-bond acceptors (Lipinski definition) is 6. The van der Waals surface area contributed by atoms with E-state index in [4.69, 9.17) is 19.9 Å². The van der Waals surface area contributed by atoms with Gasteiger partial charge in [0.05, 0.1) is 6.61 Å². The van der Waals surface area contributed by atoms with E-state index in [1.165, 1.54) is 6.92 Å². The fraction of sp³-hybridized carbons (Fsp3) is 0.417. The highest BCUT2D eigenvalue weighted by atomic mass is 16.6. The molecule has 0 heterocycles. The van der Waals surface area contributed by atoms with Gasteiger partial charge in [0.2, 0.25) is 0 Å². The summed E-state index contributed by atoms with van der Waals surface area (Å²) >= 11 is 0. The molecular weight excluding hydrogens is 254 g/mol. The number of hydrogen-bond donors (Lipinski definition) is 1. The zero-order valence-corrected chi connectivity index (χ0v) is 10.7. The van der Waals surface area contributed by atoms with Crippen LogP contribution in [0.2, 0.25) is 0 Å². The summed E-state index contributed by atoms with van der Waals surface area (Å²) in [5, 5.41) is 0. The number of carbonyl (C=O) groups excluding carboxylic acids is 3. The molecule has 2 N–H and O–H groups in total. The molecule has 7 heteroatoms. The third-order valence-electron chi connectivity index (χ3n) is 1.88. The lowest BCUT2D eigenvalue weighted by Gasteiger charge is -2.16. The van der Waals surface area contributed by atoms with Crippen LogP contribution in [0.1, 0.15) is 13.3 Å². The van der Waals surface area contributed by atoms with Crippen LogP contribution in [-0.2, 0) is 23.8 Å². The average molecular weight is 271 g/mol. The van der Waals surface area contributed by atoms with Crippen molar-refractivity contribution in [2.75, 3.05) is 13.2 Å². The fourth-order valence-corrected chi connectivity index (χ4v) is 0.982. The molecule has 1 amide bonds. The monoisotopic (exact) mass is 271 g/mol. The predicted molar refractivity (Wildman–Crippen MR) is 66.0 cm³/mol. The molecule has 0 aromatic carbocycles. The van der Waals surface area contributed by atoms with Crippen molar-refractivity contribution >= 4 is 18.0 Å². The summed E-state index contributed by atoms with van der Waals surface area (Å²) in [6, 6.07) is 0. The minimum atomic E-state index is -1.01. The molecule has 0 aliphatic rings. The molecule has 0 aliphatic heterocycles. The topological polar surface area (TPSA) is 105 Å². The average Bonchev–Trinajstić information content (AvgIpc) is 2.34. The molecular formula is C12H17NO6. The Balaban J connectivity index is 4.19. The summed E-state index contributed by atoms with van der Waals surface area (Å²) in [7, 11) is 0. The molecule has 0 aliphatic carbocycles. The molecule has 7 nitrogen and oxygen atoms in total. The number of carbonyl (C=O) groups is 3. The van der Waals surface area contributed by atoms with E-state index in [2.05, 4.69) is 13.2 Å². The minimum absolute atomic E-state index is 0.0204. The number of nitrogens with two attached hydrogens (primary N) is 1. The Morgan fingerprint density at radius 1 is 1.32 bits per heavy atom. The van der Waals surface area contributed by atoms with E-state index in [-0.39, 0.29) is 25.2 Å². The minimum Gasteiger partial charge on any atom is -0.462 e. The van der Waals surface area contributed by atoms with Gasteiger partial charge in [-0.15, -0.1) is 0 Å². The van der Waals surface area contributed by atoms with Gasteiger partial charge in [0.25, 0.3) is 0 Å². The Labute approximate surface area is 111 Å². The highest BCUT2D eigenvalue weighted by molar-refractivity contribution is 5.86. The van der Waals surface area contributed by atoms with E-state index >= 15 is 0 Å². The highest BCUT2D eigenvalue weighted by Gasteiger charge is 2.16. The first-order valence-electron chi connectivity index (χ1n) is 5.44. The van der Waals surface area contributed by atoms with Crippen molar-refractivity contribution in [2.24, 2.45) is 5.73 Å². The zero-order chi connectivity index (χ0) is 14.8. The largest absolute Gasteiger partial charge is 0.462 e. The standard InChI is InChI=1S/C12H17NO6/c1-4-10(14)17-6-5-9(19-12(13)16)7-18-11(15)8(2)3/h4,9H,1-2,5-7H2,3H3,(H2,13,16). The van der Waals surface area contributed by atoms with Gasteiger partial charge in [-0.1, -0.05) is 13.2 Å². The van der Waals surface area contributed by atoms with E-state index < -0.39 is 24.1 Å². The van der Waals surface area contributed by atoms with Crippen molar-refractivity contribution < 1.29 is 28.6 Å². The summed E-state index contributed by atoms with van der Waals surface area (Å²) < 4.78 is 14.2. The van der Waals surface area contributed by atoms with Gasteiger partial charge in [-0.25, -0.2) is 14.4 Å². The molecule has 0 radical (unpaired) electrons. The Bertz CT molecular complexity index is 376. The molecule has 19 heavy (non-hydrogen) atoms. The fourth-order valence-electron chi connectivity index (χ4n) is 0.982. The first-order valence-corrected chi connectivity index (χ1v) is 5.44. The molecule has 0 aromatic rings. The third-order valence-corrected chi connectivity index (χ3v) is 1.88. The van der Waals surface area contributed by atoms with Crippen LogP contribution in [0.3, 0.4) is 0 Å². The number of primary amides is 1. The van der Waals surface area contributed by atoms with Crippen molar-refractivity contribution in [1.29, 1.82) is 0 Å². The van der Waals surface area contributed by atoms with Crippen LogP contribution in [0.4, 0.5) is 4.79 Å². The second kappa shape index (κ2) is 8.73. The Kier molecular flexibility index (Phi) is 7.67. The van der Waals surface area contributed by atoms with E-state index in [0.29, 0.717) is 0 Å². The molecule has 0 saturated heterocycles. The first kappa shape index (κ1) is 16.7. The van der Waals surface area contributed by atoms with Crippen LogP contribution in [0.5, 0.6) is 0 Å². The molecule has 1 unspecified atom stereocenters. The van der Waals surface area contributed by atoms with Crippen molar-refractivity contribution in [2.45, 2.75) is 19.4 Å². The Hall–Kier alpha value is -2.31. The second-order valence-electron chi connectivity index (χ2n) is 3.60. The maximum absolute atomic E-state index is 11.2. The third kappa shape index (κ3) is 8.42. The van der Waals surface area contributed by atoms with Crippen molar-refractivity contribution in [3.63, 3.8) is 0 Å². The van der Waals surface area contributed by atoms with Crippen LogP contribution in [0, 0.1) is 0 Å². The molecule has 0 bridgehead atoms. The van der Waals surface area contributed by atoms with Gasteiger partial charge in [-0.05, 0) is 6.92 Å². The summed E-state index contributed by atoms with van der Waals surface area (Å²) in [5.41, 5.74) is 5.09. The quantitative estimate of drug-likeness (QED) is 0.395. The van der Waals surface area contributed by atoms with Crippen molar-refractivity contribution in [3.05, 3.63) is 24.8 Å². The Morgan fingerprint density at radius 2 is 1.95 bits per heavy atom. The van der Waals surface area contributed by atoms with E-state index in [0.717, 1.165) is 6.08 Å². The molecule has 106 valence electrons. The summed E-state index contributed by atoms with van der Waals surface area (Å²) in [5.74, 6) is -1.21. The molecule has 1 atom stereocenters. The number of ether oxygens (including phenoxy) is 3.